The summed E-state index contributed by atoms with van der Waals surface area (Å²) >= 11 is 0. The summed E-state index contributed by atoms with van der Waals surface area (Å²) in [7, 11) is 0. The number of carbonyl (C=O) groups is 1. The summed E-state index contributed by atoms with van der Waals surface area (Å²) in [5.74, 6) is 1.88. The highest BCUT2D eigenvalue weighted by Crippen LogP contribution is 2.33. The number of hydrogen-bond acceptors (Lipinski definition) is 3. The summed E-state index contributed by atoms with van der Waals surface area (Å²) in [6.07, 6.45) is 16.6. The van der Waals surface area contributed by atoms with Crippen molar-refractivity contribution in [1.82, 2.24) is 0 Å². The van der Waals surface area contributed by atoms with E-state index in [-0.39, 0.29) is 5.41 Å². The molecule has 3 nitrogen and oxygen atoms in total. The van der Waals surface area contributed by atoms with E-state index < -0.39 is 0 Å². The summed E-state index contributed by atoms with van der Waals surface area (Å²) < 4.78 is 11.5. The van der Waals surface area contributed by atoms with Gasteiger partial charge >= 0.3 is 0 Å². The van der Waals surface area contributed by atoms with Crippen molar-refractivity contribution in [2.24, 2.45) is 22.7 Å². The lowest BCUT2D eigenvalue weighted by atomic mass is 9.78. The standard InChI is InChI=1S/C14H30O2.C10H22.C9H20.CH2O/c1-5-9-14(8-4,12-15-10-6-2)13-16-11-7-3;1-5-7-10(4)8-9(3)6-2;1-5-9(6-2,7-3)8-4;1-2/h5-13H2,1-4H3;9-10H,5-8H2,1-4H3;5-8H2,1-4H3;1H2. The van der Waals surface area contributed by atoms with Crippen molar-refractivity contribution in [2.45, 2.75) is 167 Å². The first-order chi connectivity index (χ1) is 17.7. The number of hydrogen-bond donors (Lipinski definition) is 0. The fourth-order valence-corrected chi connectivity index (χ4v) is 4.93. The van der Waals surface area contributed by atoms with E-state index in [2.05, 4.69) is 83.1 Å². The van der Waals surface area contributed by atoms with E-state index in [1.54, 1.807) is 0 Å². The summed E-state index contributed by atoms with van der Waals surface area (Å²) in [6, 6.07) is 0. The topological polar surface area (TPSA) is 35.5 Å². The maximum absolute atomic E-state index is 8.00. The zero-order chi connectivity index (χ0) is 29.6. The zero-order valence-corrected chi connectivity index (χ0v) is 28.1. The predicted molar refractivity (Wildman–Crippen MR) is 169 cm³/mol. The van der Waals surface area contributed by atoms with Crippen LogP contribution in [0.25, 0.3) is 0 Å². The molecule has 0 amide bonds. The van der Waals surface area contributed by atoms with E-state index >= 15 is 0 Å². The lowest BCUT2D eigenvalue weighted by molar-refractivity contribution is -0.0980. The first-order valence-electron chi connectivity index (χ1n) is 16.1. The van der Waals surface area contributed by atoms with E-state index in [0.29, 0.717) is 5.41 Å². The fourth-order valence-electron chi connectivity index (χ4n) is 4.93. The van der Waals surface area contributed by atoms with Gasteiger partial charge in [-0.25, -0.2) is 0 Å². The van der Waals surface area contributed by atoms with Crippen LogP contribution in [0.5, 0.6) is 0 Å². The minimum atomic E-state index is 0.249. The Labute approximate surface area is 236 Å². The molecule has 0 aromatic heterocycles. The van der Waals surface area contributed by atoms with Crippen LogP contribution in [-0.4, -0.2) is 33.2 Å². The third-order valence-corrected chi connectivity index (χ3v) is 8.33. The molecule has 0 aliphatic carbocycles. The second-order valence-electron chi connectivity index (χ2n) is 11.3. The predicted octanol–water partition coefficient (Wildman–Crippen LogP) is 11.3. The maximum Gasteiger partial charge on any atom is 0.106 e. The molecule has 2 atom stereocenters. The molecule has 0 rings (SSSR count). The largest absolute Gasteiger partial charge is 0.381 e. The highest BCUT2D eigenvalue weighted by molar-refractivity contribution is 5.11. The van der Waals surface area contributed by atoms with Gasteiger partial charge in [0.05, 0.1) is 13.2 Å². The molecule has 0 heterocycles. The molecule has 0 aromatic carbocycles. The first-order valence-corrected chi connectivity index (χ1v) is 16.1. The molecule has 0 aliphatic heterocycles. The normalized spacial score (nSPS) is 12.8. The molecular formula is C34H74O3. The van der Waals surface area contributed by atoms with Crippen LogP contribution in [-0.2, 0) is 14.3 Å². The van der Waals surface area contributed by atoms with Crippen molar-refractivity contribution in [2.75, 3.05) is 26.4 Å². The minimum Gasteiger partial charge on any atom is -0.381 e. The second-order valence-corrected chi connectivity index (χ2v) is 11.3. The second kappa shape index (κ2) is 31.8. The zero-order valence-electron chi connectivity index (χ0n) is 28.1. The van der Waals surface area contributed by atoms with Gasteiger partial charge in [0, 0.05) is 18.6 Å². The van der Waals surface area contributed by atoms with Crippen molar-refractivity contribution < 1.29 is 14.3 Å². The van der Waals surface area contributed by atoms with Gasteiger partial charge in [-0.05, 0) is 49.4 Å². The summed E-state index contributed by atoms with van der Waals surface area (Å²) in [6.45, 7) is 32.7. The van der Waals surface area contributed by atoms with Crippen LogP contribution in [0.4, 0.5) is 0 Å². The van der Waals surface area contributed by atoms with Crippen LogP contribution < -0.4 is 0 Å². The molecule has 0 bridgehead atoms. The van der Waals surface area contributed by atoms with Crippen molar-refractivity contribution in [3.8, 4) is 0 Å². The summed E-state index contributed by atoms with van der Waals surface area (Å²) in [5, 5.41) is 0. The molecular weight excluding hydrogens is 456 g/mol. The Hall–Kier alpha value is -0.410. The Kier molecular flexibility index (Phi) is 37.5. The number of ether oxygens (including phenoxy) is 2. The molecule has 37 heavy (non-hydrogen) atoms. The van der Waals surface area contributed by atoms with Crippen molar-refractivity contribution >= 4 is 6.79 Å². The van der Waals surface area contributed by atoms with E-state index in [4.69, 9.17) is 14.3 Å². The molecule has 0 saturated carbocycles. The Morgan fingerprint density at radius 3 is 1.22 bits per heavy atom. The van der Waals surface area contributed by atoms with Gasteiger partial charge < -0.3 is 14.3 Å². The van der Waals surface area contributed by atoms with E-state index in [0.717, 1.165) is 57.5 Å². The average molecular weight is 531 g/mol. The van der Waals surface area contributed by atoms with E-state index in [1.165, 1.54) is 64.2 Å². The SMILES string of the molecule is C=O.CCC(CC)(CC)CC.CCCC(C)CC(C)CC.CCCOCC(CC)(CCC)COCCC. The lowest BCUT2D eigenvalue weighted by Gasteiger charge is -2.32. The monoisotopic (exact) mass is 531 g/mol. The van der Waals surface area contributed by atoms with Gasteiger partial charge in [-0.15, -0.1) is 0 Å². The third kappa shape index (κ3) is 25.6. The van der Waals surface area contributed by atoms with E-state index in [1.807, 2.05) is 6.79 Å². The van der Waals surface area contributed by atoms with Gasteiger partial charge in [0.2, 0.25) is 0 Å². The van der Waals surface area contributed by atoms with Gasteiger partial charge in [-0.1, -0.05) is 134 Å². The van der Waals surface area contributed by atoms with Crippen molar-refractivity contribution in [3.05, 3.63) is 0 Å². The molecule has 2 unspecified atom stereocenters. The Balaban J connectivity index is -0.000000225. The molecule has 228 valence electrons. The van der Waals surface area contributed by atoms with E-state index in [9.17, 15) is 0 Å². The highest BCUT2D eigenvalue weighted by Gasteiger charge is 2.27. The molecule has 0 aromatic rings. The van der Waals surface area contributed by atoms with Gasteiger partial charge in [-0.2, -0.15) is 0 Å². The Morgan fingerprint density at radius 2 is 0.973 bits per heavy atom. The number of carbonyl (C=O) groups excluding carboxylic acids is 1. The quantitative estimate of drug-likeness (QED) is 0.147. The molecule has 0 spiro atoms. The van der Waals surface area contributed by atoms with Gasteiger partial charge in [-0.3, -0.25) is 0 Å². The molecule has 3 heteroatoms. The maximum atomic E-state index is 8.00. The first kappa shape index (κ1) is 43.6. The van der Waals surface area contributed by atoms with Crippen LogP contribution >= 0.6 is 0 Å². The molecule has 0 saturated heterocycles. The van der Waals surface area contributed by atoms with Gasteiger partial charge in [0.15, 0.2) is 0 Å². The minimum absolute atomic E-state index is 0.249. The van der Waals surface area contributed by atoms with Gasteiger partial charge in [0.1, 0.15) is 6.79 Å². The highest BCUT2D eigenvalue weighted by atomic mass is 16.5. The third-order valence-electron chi connectivity index (χ3n) is 8.33. The van der Waals surface area contributed by atoms with Crippen LogP contribution in [0.1, 0.15) is 167 Å². The molecule has 0 aliphatic rings. The van der Waals surface area contributed by atoms with Crippen LogP contribution in [0, 0.1) is 22.7 Å². The van der Waals surface area contributed by atoms with Gasteiger partial charge in [0.25, 0.3) is 0 Å². The van der Waals surface area contributed by atoms with Crippen LogP contribution in [0.2, 0.25) is 0 Å². The molecule has 0 N–H and O–H groups in total. The molecule has 0 fully saturated rings. The summed E-state index contributed by atoms with van der Waals surface area (Å²) in [4.78, 5) is 8.00. The Morgan fingerprint density at radius 1 is 0.568 bits per heavy atom. The van der Waals surface area contributed by atoms with Crippen LogP contribution in [0.15, 0.2) is 0 Å². The Bertz CT molecular complexity index is 378. The summed E-state index contributed by atoms with van der Waals surface area (Å²) in [5.41, 5.74) is 0.916. The average Bonchev–Trinajstić information content (AvgIpc) is 2.92. The number of rotatable bonds is 20. The smallest absolute Gasteiger partial charge is 0.106 e. The van der Waals surface area contributed by atoms with Crippen molar-refractivity contribution in [3.63, 3.8) is 0 Å². The van der Waals surface area contributed by atoms with Crippen LogP contribution in [0.3, 0.4) is 0 Å². The van der Waals surface area contributed by atoms with Crippen molar-refractivity contribution in [1.29, 1.82) is 0 Å². The fraction of sp³-hybridized carbons (Fsp3) is 0.971. The lowest BCUT2D eigenvalue weighted by Crippen LogP contribution is -2.32. The molecule has 0 radical (unpaired) electrons.